The van der Waals surface area contributed by atoms with Gasteiger partial charge in [0, 0.05) is 12.1 Å². The van der Waals surface area contributed by atoms with Gasteiger partial charge in [0.05, 0.1) is 0 Å². The normalized spacial score (nSPS) is 22.2. The Morgan fingerprint density at radius 1 is 1.43 bits per heavy atom. The van der Waals surface area contributed by atoms with E-state index in [1.54, 1.807) is 12.1 Å². The summed E-state index contributed by atoms with van der Waals surface area (Å²) in [4.78, 5) is 12.3. The lowest BCUT2D eigenvalue weighted by Crippen LogP contribution is -2.54. The van der Waals surface area contributed by atoms with Crippen LogP contribution in [0.5, 0.6) is 5.75 Å². The number of benzene rings is 1. The van der Waals surface area contributed by atoms with Gasteiger partial charge in [0.1, 0.15) is 5.75 Å². The predicted molar refractivity (Wildman–Crippen MR) is 81.4 cm³/mol. The Kier molecular flexibility index (Phi) is 4.99. The molecule has 0 bridgehead atoms. The molecule has 2 rings (SSSR count). The minimum atomic E-state index is -3.12. The summed E-state index contributed by atoms with van der Waals surface area (Å²) < 4.78 is 31.7. The first-order chi connectivity index (χ1) is 10.8. The number of aryl methyl sites for hydroxylation is 1. The van der Waals surface area contributed by atoms with Crippen molar-refractivity contribution in [2.24, 2.45) is 5.10 Å². The molecule has 1 aliphatic rings. The third-order valence-electron chi connectivity index (χ3n) is 3.70. The first-order valence-electron chi connectivity index (χ1n) is 7.42. The summed E-state index contributed by atoms with van der Waals surface area (Å²) in [6.07, 6.45) is -3.68. The van der Waals surface area contributed by atoms with Crippen LogP contribution in [0.4, 0.5) is 8.78 Å². The Labute approximate surface area is 133 Å². The number of rotatable bonds is 5. The molecule has 126 valence electrons. The van der Waals surface area contributed by atoms with E-state index in [-0.39, 0.29) is 12.1 Å². The number of aliphatic hydroxyl groups is 1. The van der Waals surface area contributed by atoms with E-state index in [0.717, 1.165) is 12.0 Å². The second-order valence-corrected chi connectivity index (χ2v) is 5.60. The van der Waals surface area contributed by atoms with Crippen molar-refractivity contribution >= 4 is 11.6 Å². The summed E-state index contributed by atoms with van der Waals surface area (Å²) in [6.45, 7) is 4.93. The van der Waals surface area contributed by atoms with Gasteiger partial charge in [-0.25, -0.2) is 8.78 Å². The zero-order valence-electron chi connectivity index (χ0n) is 13.3. The van der Waals surface area contributed by atoms with Gasteiger partial charge in [0.15, 0.2) is 6.10 Å². The van der Waals surface area contributed by atoms with Gasteiger partial charge in [-0.3, -0.25) is 4.79 Å². The van der Waals surface area contributed by atoms with Gasteiger partial charge in [0.25, 0.3) is 12.3 Å². The molecule has 1 heterocycles. The number of ether oxygens (including phenoxy) is 1. The monoisotopic (exact) mass is 326 g/mol. The van der Waals surface area contributed by atoms with Crippen molar-refractivity contribution in [2.45, 2.75) is 51.9 Å². The molecule has 1 aromatic rings. The van der Waals surface area contributed by atoms with E-state index in [9.17, 15) is 18.7 Å². The number of hydrogen-bond donors (Lipinski definition) is 1. The zero-order valence-corrected chi connectivity index (χ0v) is 13.3. The van der Waals surface area contributed by atoms with Gasteiger partial charge in [-0.15, -0.1) is 0 Å². The van der Waals surface area contributed by atoms with Crippen molar-refractivity contribution in [3.63, 3.8) is 0 Å². The molecule has 0 radical (unpaired) electrons. The maximum absolute atomic E-state index is 13.1. The fourth-order valence-corrected chi connectivity index (χ4v) is 2.38. The van der Waals surface area contributed by atoms with Crippen molar-refractivity contribution in [3.05, 3.63) is 29.8 Å². The molecule has 0 aromatic heterocycles. The van der Waals surface area contributed by atoms with Crippen molar-refractivity contribution in [3.8, 4) is 5.75 Å². The standard InChI is InChI=1S/C16H20F2N2O3/c1-4-12-5-7-13(8-6-12)23-11(3)14(21)20-16(22,15(17)18)9-10(2)19-20/h5-8,11,15,22H,4,9H2,1-3H3. The Morgan fingerprint density at radius 3 is 2.57 bits per heavy atom. The molecule has 0 fully saturated rings. The number of nitrogens with zero attached hydrogens (tertiary/aromatic N) is 2. The van der Waals surface area contributed by atoms with Gasteiger partial charge in [-0.2, -0.15) is 10.1 Å². The second kappa shape index (κ2) is 6.62. The minimum Gasteiger partial charge on any atom is -0.481 e. The molecule has 2 atom stereocenters. The lowest BCUT2D eigenvalue weighted by molar-refractivity contribution is -0.196. The summed E-state index contributed by atoms with van der Waals surface area (Å²) in [5.74, 6) is -0.368. The third kappa shape index (κ3) is 3.50. The number of halogens is 2. The lowest BCUT2D eigenvalue weighted by atomic mass is 10.1. The highest BCUT2D eigenvalue weighted by molar-refractivity contribution is 5.90. The predicted octanol–water partition coefficient (Wildman–Crippen LogP) is 2.58. The van der Waals surface area contributed by atoms with Crippen molar-refractivity contribution < 1.29 is 23.4 Å². The molecule has 23 heavy (non-hydrogen) atoms. The second-order valence-electron chi connectivity index (χ2n) is 5.60. The molecule has 1 aromatic carbocycles. The third-order valence-corrected chi connectivity index (χ3v) is 3.70. The van der Waals surface area contributed by atoms with Gasteiger partial charge in [-0.1, -0.05) is 19.1 Å². The van der Waals surface area contributed by atoms with Crippen LogP contribution in [-0.4, -0.2) is 40.0 Å². The molecular weight excluding hydrogens is 306 g/mol. The molecule has 0 saturated heterocycles. The van der Waals surface area contributed by atoms with Crippen LogP contribution in [0.1, 0.15) is 32.8 Å². The summed E-state index contributed by atoms with van der Waals surface area (Å²) in [5.41, 5.74) is -1.23. The maximum Gasteiger partial charge on any atom is 0.287 e. The summed E-state index contributed by atoms with van der Waals surface area (Å²) >= 11 is 0. The van der Waals surface area contributed by atoms with Crippen LogP contribution in [0.25, 0.3) is 0 Å². The van der Waals surface area contributed by atoms with Crippen molar-refractivity contribution in [1.82, 2.24) is 5.01 Å². The summed E-state index contributed by atoms with van der Waals surface area (Å²) in [5, 5.41) is 14.2. The van der Waals surface area contributed by atoms with E-state index < -0.39 is 24.2 Å². The molecule has 7 heteroatoms. The number of alkyl halides is 2. The largest absolute Gasteiger partial charge is 0.481 e. The van der Waals surface area contributed by atoms with Crippen molar-refractivity contribution in [2.75, 3.05) is 0 Å². The molecule has 1 amide bonds. The highest BCUT2D eigenvalue weighted by Crippen LogP contribution is 2.32. The molecule has 0 spiro atoms. The van der Waals surface area contributed by atoms with Gasteiger partial charge in [-0.05, 0) is 38.0 Å². The first kappa shape index (κ1) is 17.3. The van der Waals surface area contributed by atoms with Crippen LogP contribution in [0.2, 0.25) is 0 Å². The van der Waals surface area contributed by atoms with Crippen molar-refractivity contribution in [1.29, 1.82) is 0 Å². The Hall–Kier alpha value is -2.02. The number of hydrazone groups is 1. The maximum atomic E-state index is 13.1. The summed E-state index contributed by atoms with van der Waals surface area (Å²) in [7, 11) is 0. The Balaban J connectivity index is 2.11. The average Bonchev–Trinajstić information content (AvgIpc) is 2.83. The SMILES string of the molecule is CCc1ccc(OC(C)C(=O)N2N=C(C)CC2(O)C(F)F)cc1. The number of carbonyl (C=O) groups is 1. The molecule has 0 aliphatic carbocycles. The topological polar surface area (TPSA) is 62.1 Å². The molecular formula is C16H20F2N2O3. The minimum absolute atomic E-state index is 0.264. The smallest absolute Gasteiger partial charge is 0.287 e. The van der Waals surface area contributed by atoms with E-state index in [0.29, 0.717) is 10.8 Å². The number of amides is 1. The molecule has 0 saturated carbocycles. The van der Waals surface area contributed by atoms with Crippen LogP contribution in [0, 0.1) is 0 Å². The van der Waals surface area contributed by atoms with Gasteiger partial charge >= 0.3 is 0 Å². The average molecular weight is 326 g/mol. The Morgan fingerprint density at radius 2 is 2.04 bits per heavy atom. The van der Waals surface area contributed by atoms with E-state index in [4.69, 9.17) is 4.74 Å². The first-order valence-corrected chi connectivity index (χ1v) is 7.42. The van der Waals surface area contributed by atoms with Gasteiger partial charge in [0.2, 0.25) is 5.72 Å². The van der Waals surface area contributed by atoms with Crippen LogP contribution >= 0.6 is 0 Å². The highest BCUT2D eigenvalue weighted by atomic mass is 19.3. The Bertz CT molecular complexity index is 604. The van der Waals surface area contributed by atoms with E-state index in [1.165, 1.54) is 13.8 Å². The number of hydrogen-bond acceptors (Lipinski definition) is 4. The molecule has 5 nitrogen and oxygen atoms in total. The molecule has 1 aliphatic heterocycles. The zero-order chi connectivity index (χ0) is 17.2. The molecule has 2 unspecified atom stereocenters. The summed E-state index contributed by atoms with van der Waals surface area (Å²) in [6, 6.07) is 7.14. The lowest BCUT2D eigenvalue weighted by Gasteiger charge is -2.31. The van der Waals surface area contributed by atoms with E-state index >= 15 is 0 Å². The molecule has 1 N–H and O–H groups in total. The quantitative estimate of drug-likeness (QED) is 0.904. The van der Waals surface area contributed by atoms with Crippen LogP contribution < -0.4 is 4.74 Å². The van der Waals surface area contributed by atoms with E-state index in [1.807, 2.05) is 19.1 Å². The van der Waals surface area contributed by atoms with Gasteiger partial charge < -0.3 is 9.84 Å². The van der Waals surface area contributed by atoms with Crippen LogP contribution in [0.3, 0.4) is 0 Å². The van der Waals surface area contributed by atoms with Crippen LogP contribution in [-0.2, 0) is 11.2 Å². The van der Waals surface area contributed by atoms with E-state index in [2.05, 4.69) is 5.10 Å². The number of carbonyl (C=O) groups excluding carboxylic acids is 1. The fourth-order valence-electron chi connectivity index (χ4n) is 2.38. The van der Waals surface area contributed by atoms with Crippen LogP contribution in [0.15, 0.2) is 29.4 Å². The highest BCUT2D eigenvalue weighted by Gasteiger charge is 2.51. The fraction of sp³-hybridized carbons (Fsp3) is 0.500.